The lowest BCUT2D eigenvalue weighted by atomic mass is 10.1. The zero-order chi connectivity index (χ0) is 18.5. The summed E-state index contributed by atoms with van der Waals surface area (Å²) in [5.74, 6) is 0.236. The quantitative estimate of drug-likeness (QED) is 0.864. The number of hydrogen-bond acceptors (Lipinski definition) is 3. The molecule has 1 unspecified atom stereocenters. The second kappa shape index (κ2) is 7.86. The van der Waals surface area contributed by atoms with E-state index in [0.29, 0.717) is 19.5 Å². The van der Waals surface area contributed by atoms with Gasteiger partial charge in [-0.2, -0.15) is 0 Å². The third-order valence-electron chi connectivity index (χ3n) is 4.26. The van der Waals surface area contributed by atoms with Crippen LogP contribution >= 0.6 is 0 Å². The van der Waals surface area contributed by atoms with Crippen molar-refractivity contribution in [3.8, 4) is 5.75 Å². The van der Waals surface area contributed by atoms with E-state index in [-0.39, 0.29) is 17.5 Å². The van der Waals surface area contributed by atoms with E-state index in [1.54, 1.807) is 36.3 Å². The molecule has 26 heavy (non-hydrogen) atoms. The van der Waals surface area contributed by atoms with Gasteiger partial charge in [-0.05, 0) is 36.4 Å². The number of halogens is 1. The summed E-state index contributed by atoms with van der Waals surface area (Å²) >= 11 is 0. The molecule has 136 valence electrons. The summed E-state index contributed by atoms with van der Waals surface area (Å²) in [5, 5.41) is 5.16. The topological polar surface area (TPSA) is 70.7 Å². The van der Waals surface area contributed by atoms with Crippen molar-refractivity contribution in [2.45, 2.75) is 6.42 Å². The van der Waals surface area contributed by atoms with Crippen LogP contribution in [0, 0.1) is 11.7 Å². The van der Waals surface area contributed by atoms with Crippen LogP contribution in [0.5, 0.6) is 5.75 Å². The van der Waals surface area contributed by atoms with Crippen molar-refractivity contribution in [2.75, 3.05) is 30.4 Å². The van der Waals surface area contributed by atoms with Crippen molar-refractivity contribution in [1.29, 1.82) is 0 Å². The van der Waals surface area contributed by atoms with Crippen LogP contribution in [0.2, 0.25) is 0 Å². The zero-order valence-electron chi connectivity index (χ0n) is 14.4. The lowest BCUT2D eigenvalue weighted by Crippen LogP contribution is -2.34. The number of benzene rings is 2. The molecule has 0 radical (unpaired) electrons. The van der Waals surface area contributed by atoms with Crippen molar-refractivity contribution < 1.29 is 18.7 Å². The Morgan fingerprint density at radius 2 is 1.96 bits per heavy atom. The van der Waals surface area contributed by atoms with Crippen molar-refractivity contribution in [2.24, 2.45) is 5.92 Å². The van der Waals surface area contributed by atoms with E-state index in [9.17, 15) is 14.0 Å². The molecule has 3 rings (SSSR count). The van der Waals surface area contributed by atoms with Gasteiger partial charge in [0.25, 0.3) is 0 Å². The summed E-state index contributed by atoms with van der Waals surface area (Å²) < 4.78 is 18.7. The summed E-state index contributed by atoms with van der Waals surface area (Å²) in [6.45, 7) is 0.851. The van der Waals surface area contributed by atoms with Gasteiger partial charge in [-0.1, -0.05) is 12.1 Å². The van der Waals surface area contributed by atoms with E-state index >= 15 is 0 Å². The Morgan fingerprint density at radius 1 is 1.23 bits per heavy atom. The van der Waals surface area contributed by atoms with Crippen LogP contribution in [-0.4, -0.2) is 32.1 Å². The minimum atomic E-state index is -0.496. The van der Waals surface area contributed by atoms with Crippen LogP contribution in [0.25, 0.3) is 0 Å². The van der Waals surface area contributed by atoms with E-state index in [0.717, 1.165) is 11.4 Å². The monoisotopic (exact) mass is 357 g/mol. The number of para-hydroxylation sites is 1. The molecule has 1 aliphatic heterocycles. The highest BCUT2D eigenvalue weighted by molar-refractivity contribution is 5.96. The SMILES string of the molecule is COc1ccc(N2CC(CNC(=O)Nc3ccccc3F)CC2=O)cc1. The number of carbonyl (C=O) groups is 2. The first-order valence-electron chi connectivity index (χ1n) is 8.30. The molecule has 1 fully saturated rings. The number of urea groups is 1. The molecule has 0 aliphatic carbocycles. The second-order valence-corrected chi connectivity index (χ2v) is 6.09. The summed E-state index contributed by atoms with van der Waals surface area (Å²) in [6, 6.07) is 12.7. The fourth-order valence-electron chi connectivity index (χ4n) is 2.90. The minimum absolute atomic E-state index is 0.00373. The standard InChI is InChI=1S/C19H20FN3O3/c1-26-15-8-6-14(7-9-15)23-12-13(10-18(23)24)11-21-19(25)22-17-5-3-2-4-16(17)20/h2-9,13H,10-12H2,1H3,(H2,21,22,25). The number of amides is 3. The number of nitrogens with zero attached hydrogens (tertiary/aromatic N) is 1. The highest BCUT2D eigenvalue weighted by Crippen LogP contribution is 2.26. The fourth-order valence-corrected chi connectivity index (χ4v) is 2.90. The molecule has 6 nitrogen and oxygen atoms in total. The molecule has 1 heterocycles. The average molecular weight is 357 g/mol. The molecule has 1 saturated heterocycles. The summed E-state index contributed by atoms with van der Waals surface area (Å²) in [7, 11) is 1.59. The van der Waals surface area contributed by atoms with Gasteiger partial charge < -0.3 is 20.3 Å². The third-order valence-corrected chi connectivity index (χ3v) is 4.26. The lowest BCUT2D eigenvalue weighted by Gasteiger charge is -2.17. The van der Waals surface area contributed by atoms with Crippen LogP contribution in [0.15, 0.2) is 48.5 Å². The molecule has 2 aromatic rings. The van der Waals surface area contributed by atoms with Crippen LogP contribution in [0.3, 0.4) is 0 Å². The number of nitrogens with one attached hydrogen (secondary N) is 2. The predicted molar refractivity (Wildman–Crippen MR) is 96.9 cm³/mol. The van der Waals surface area contributed by atoms with Gasteiger partial charge >= 0.3 is 6.03 Å². The molecule has 0 spiro atoms. The molecule has 0 saturated carbocycles. The normalized spacial score (nSPS) is 16.5. The summed E-state index contributed by atoms with van der Waals surface area (Å²) in [5.41, 5.74) is 0.918. The van der Waals surface area contributed by atoms with Crippen LogP contribution in [0.4, 0.5) is 20.6 Å². The zero-order valence-corrected chi connectivity index (χ0v) is 14.4. The largest absolute Gasteiger partial charge is 0.497 e. The Hall–Kier alpha value is -3.09. The number of rotatable bonds is 5. The van der Waals surface area contributed by atoms with Gasteiger partial charge in [0.1, 0.15) is 11.6 Å². The van der Waals surface area contributed by atoms with E-state index < -0.39 is 11.8 Å². The van der Waals surface area contributed by atoms with Gasteiger partial charge in [0.05, 0.1) is 12.8 Å². The van der Waals surface area contributed by atoms with Gasteiger partial charge in [0.2, 0.25) is 5.91 Å². The molecule has 1 atom stereocenters. The van der Waals surface area contributed by atoms with Gasteiger partial charge in [-0.15, -0.1) is 0 Å². The lowest BCUT2D eigenvalue weighted by molar-refractivity contribution is -0.117. The fraction of sp³-hybridized carbons (Fsp3) is 0.263. The molecular formula is C19H20FN3O3. The maximum atomic E-state index is 13.5. The minimum Gasteiger partial charge on any atom is -0.497 e. The van der Waals surface area contributed by atoms with E-state index in [4.69, 9.17) is 4.74 Å². The maximum Gasteiger partial charge on any atom is 0.319 e. The first-order valence-corrected chi connectivity index (χ1v) is 8.30. The Bertz CT molecular complexity index is 795. The smallest absolute Gasteiger partial charge is 0.319 e. The van der Waals surface area contributed by atoms with Gasteiger partial charge in [-0.25, -0.2) is 9.18 Å². The molecule has 2 N–H and O–H groups in total. The number of carbonyl (C=O) groups excluding carboxylic acids is 2. The predicted octanol–water partition coefficient (Wildman–Crippen LogP) is 3.01. The highest BCUT2D eigenvalue weighted by atomic mass is 19.1. The number of hydrogen-bond donors (Lipinski definition) is 2. The Morgan fingerprint density at radius 3 is 2.65 bits per heavy atom. The van der Waals surface area contributed by atoms with Crippen LogP contribution < -0.4 is 20.3 Å². The first kappa shape index (κ1) is 17.7. The molecule has 3 amide bonds. The highest BCUT2D eigenvalue weighted by Gasteiger charge is 2.30. The summed E-state index contributed by atoms with van der Waals surface area (Å²) in [6.07, 6.45) is 0.353. The van der Waals surface area contributed by atoms with Crippen molar-refractivity contribution in [3.05, 3.63) is 54.3 Å². The first-order chi connectivity index (χ1) is 12.6. The Labute approximate surface area is 150 Å². The summed E-state index contributed by atoms with van der Waals surface area (Å²) in [4.78, 5) is 25.9. The van der Waals surface area contributed by atoms with Crippen LogP contribution in [0.1, 0.15) is 6.42 Å². The van der Waals surface area contributed by atoms with E-state index in [1.807, 2.05) is 12.1 Å². The maximum absolute atomic E-state index is 13.5. The van der Waals surface area contributed by atoms with E-state index in [1.165, 1.54) is 12.1 Å². The average Bonchev–Trinajstić information content (AvgIpc) is 3.03. The number of methoxy groups -OCH3 is 1. The molecule has 2 aromatic carbocycles. The van der Waals surface area contributed by atoms with Crippen molar-refractivity contribution in [1.82, 2.24) is 5.32 Å². The third kappa shape index (κ3) is 4.11. The Balaban J connectivity index is 1.52. The van der Waals surface area contributed by atoms with Crippen molar-refractivity contribution in [3.63, 3.8) is 0 Å². The Kier molecular flexibility index (Phi) is 5.36. The van der Waals surface area contributed by atoms with Gasteiger partial charge in [-0.3, -0.25) is 4.79 Å². The second-order valence-electron chi connectivity index (χ2n) is 6.09. The molecule has 0 aromatic heterocycles. The van der Waals surface area contributed by atoms with Gasteiger partial charge in [0.15, 0.2) is 0 Å². The molecule has 7 heteroatoms. The number of anilines is 2. The van der Waals surface area contributed by atoms with Crippen molar-refractivity contribution >= 4 is 23.3 Å². The van der Waals surface area contributed by atoms with E-state index in [2.05, 4.69) is 10.6 Å². The molecular weight excluding hydrogens is 337 g/mol. The number of ether oxygens (including phenoxy) is 1. The van der Waals surface area contributed by atoms with Gasteiger partial charge in [0, 0.05) is 31.1 Å². The molecule has 0 bridgehead atoms. The molecule has 1 aliphatic rings. The van der Waals surface area contributed by atoms with Crippen LogP contribution in [-0.2, 0) is 4.79 Å².